The van der Waals surface area contributed by atoms with Gasteiger partial charge in [-0.15, -0.1) is 24.2 Å². The molecule has 0 unspecified atom stereocenters. The Bertz CT molecular complexity index is 505. The van der Waals surface area contributed by atoms with Gasteiger partial charge in [-0.25, -0.2) is 0 Å². The van der Waals surface area contributed by atoms with Crippen LogP contribution in [-0.4, -0.2) is 47.7 Å². The van der Waals surface area contributed by atoms with Gasteiger partial charge in [0.15, 0.2) is 0 Å². The van der Waals surface area contributed by atoms with Crippen LogP contribution in [0.2, 0.25) is 0 Å². The van der Waals surface area contributed by atoms with E-state index in [2.05, 4.69) is 5.32 Å². The predicted octanol–water partition coefficient (Wildman–Crippen LogP) is 2.32. The van der Waals surface area contributed by atoms with Gasteiger partial charge in [-0.1, -0.05) is 0 Å². The van der Waals surface area contributed by atoms with E-state index in [1.807, 2.05) is 11.9 Å². The van der Waals surface area contributed by atoms with E-state index in [1.54, 1.807) is 12.1 Å². The van der Waals surface area contributed by atoms with Crippen LogP contribution in [0.25, 0.3) is 0 Å². The van der Waals surface area contributed by atoms with Crippen LogP contribution in [0.15, 0.2) is 29.2 Å². The quantitative estimate of drug-likeness (QED) is 0.503. The van der Waals surface area contributed by atoms with Crippen molar-refractivity contribution in [2.75, 3.05) is 25.9 Å². The van der Waals surface area contributed by atoms with Crippen molar-refractivity contribution in [3.05, 3.63) is 34.4 Å². The smallest absolute Gasteiger partial charge is 0.269 e. The first-order valence-electron chi connectivity index (χ1n) is 6.92. The molecule has 1 N–H and O–H groups in total. The molecule has 0 aliphatic carbocycles. The van der Waals surface area contributed by atoms with Crippen molar-refractivity contribution < 1.29 is 9.72 Å². The standard InChI is InChI=1S/C14H19N3O3S.ClH/c1-15-11-6-8-16(9-7-11)14(18)10-21-13-4-2-12(3-5-13)17(19)20;/h2-5,11,15H,6-10H2,1H3;1H. The summed E-state index contributed by atoms with van der Waals surface area (Å²) in [6, 6.07) is 6.81. The molecule has 122 valence electrons. The van der Waals surface area contributed by atoms with Crippen LogP contribution in [0.5, 0.6) is 0 Å². The van der Waals surface area contributed by atoms with Crippen molar-refractivity contribution >= 4 is 35.8 Å². The summed E-state index contributed by atoms with van der Waals surface area (Å²) in [5.74, 6) is 0.509. The van der Waals surface area contributed by atoms with Gasteiger partial charge < -0.3 is 10.2 Å². The topological polar surface area (TPSA) is 75.5 Å². The Balaban J connectivity index is 0.00000242. The lowest BCUT2D eigenvalue weighted by Crippen LogP contribution is -2.44. The van der Waals surface area contributed by atoms with Crippen LogP contribution >= 0.6 is 24.2 Å². The highest BCUT2D eigenvalue weighted by atomic mass is 35.5. The molecule has 0 aromatic heterocycles. The highest BCUT2D eigenvalue weighted by Gasteiger charge is 2.21. The molecule has 0 bridgehead atoms. The van der Waals surface area contributed by atoms with Crippen molar-refractivity contribution in [3.8, 4) is 0 Å². The molecule has 1 aromatic carbocycles. The summed E-state index contributed by atoms with van der Waals surface area (Å²) in [5.41, 5.74) is 0.0693. The van der Waals surface area contributed by atoms with Gasteiger partial charge in [0, 0.05) is 36.2 Å². The maximum atomic E-state index is 12.1. The normalized spacial score (nSPS) is 15.2. The molecule has 1 heterocycles. The Morgan fingerprint density at radius 2 is 1.95 bits per heavy atom. The summed E-state index contributed by atoms with van der Waals surface area (Å²) < 4.78 is 0. The third-order valence-corrected chi connectivity index (χ3v) is 4.66. The lowest BCUT2D eigenvalue weighted by atomic mass is 10.1. The van der Waals surface area contributed by atoms with E-state index in [1.165, 1.54) is 23.9 Å². The summed E-state index contributed by atoms with van der Waals surface area (Å²) >= 11 is 1.42. The van der Waals surface area contributed by atoms with E-state index < -0.39 is 4.92 Å². The number of likely N-dealkylation sites (tertiary alicyclic amines) is 1. The van der Waals surface area contributed by atoms with Crippen LogP contribution in [-0.2, 0) is 4.79 Å². The van der Waals surface area contributed by atoms with Gasteiger partial charge in [0.2, 0.25) is 5.91 Å². The number of benzene rings is 1. The Morgan fingerprint density at radius 3 is 2.45 bits per heavy atom. The molecule has 1 aliphatic rings. The van der Waals surface area contributed by atoms with Crippen molar-refractivity contribution in [2.24, 2.45) is 0 Å². The molecule has 0 atom stereocenters. The summed E-state index contributed by atoms with van der Waals surface area (Å²) in [6.07, 6.45) is 1.98. The Hall–Kier alpha value is -1.31. The zero-order chi connectivity index (χ0) is 15.2. The summed E-state index contributed by atoms with van der Waals surface area (Å²) in [7, 11) is 1.95. The number of rotatable bonds is 5. The number of nitrogens with one attached hydrogen (secondary N) is 1. The zero-order valence-corrected chi connectivity index (χ0v) is 14.0. The van der Waals surface area contributed by atoms with E-state index in [4.69, 9.17) is 0 Å². The van der Waals surface area contributed by atoms with Gasteiger partial charge in [-0.3, -0.25) is 14.9 Å². The summed E-state index contributed by atoms with van der Waals surface area (Å²) in [5, 5.41) is 13.8. The highest BCUT2D eigenvalue weighted by Crippen LogP contribution is 2.22. The van der Waals surface area contributed by atoms with Crippen molar-refractivity contribution in [2.45, 2.75) is 23.8 Å². The van der Waals surface area contributed by atoms with Crippen molar-refractivity contribution in [1.29, 1.82) is 0 Å². The summed E-state index contributed by atoms with van der Waals surface area (Å²) in [6.45, 7) is 1.59. The number of non-ortho nitro benzene ring substituents is 1. The fourth-order valence-electron chi connectivity index (χ4n) is 2.32. The van der Waals surface area contributed by atoms with Crippen molar-refractivity contribution in [1.82, 2.24) is 10.2 Å². The molecular formula is C14H20ClN3O3S. The van der Waals surface area contributed by atoms with Crippen LogP contribution < -0.4 is 5.32 Å². The zero-order valence-electron chi connectivity index (χ0n) is 12.4. The molecule has 1 aromatic rings. The molecule has 0 radical (unpaired) electrons. The first kappa shape index (κ1) is 18.7. The van der Waals surface area contributed by atoms with Crippen LogP contribution in [0.3, 0.4) is 0 Å². The molecule has 22 heavy (non-hydrogen) atoms. The molecule has 1 amide bonds. The molecule has 0 spiro atoms. The average Bonchev–Trinajstić information content (AvgIpc) is 2.53. The van der Waals surface area contributed by atoms with Gasteiger partial charge in [0.25, 0.3) is 5.69 Å². The molecule has 2 rings (SSSR count). The first-order valence-corrected chi connectivity index (χ1v) is 7.91. The van der Waals surface area contributed by atoms with Crippen LogP contribution in [0.1, 0.15) is 12.8 Å². The van der Waals surface area contributed by atoms with E-state index in [9.17, 15) is 14.9 Å². The molecule has 1 saturated heterocycles. The maximum absolute atomic E-state index is 12.1. The second-order valence-corrected chi connectivity index (χ2v) is 6.03. The SMILES string of the molecule is CNC1CCN(C(=O)CSc2ccc([N+](=O)[O-])cc2)CC1.Cl. The number of hydrogen-bond acceptors (Lipinski definition) is 5. The third-order valence-electron chi connectivity index (χ3n) is 3.67. The van der Waals surface area contributed by atoms with Gasteiger partial charge in [0.1, 0.15) is 0 Å². The molecule has 8 heteroatoms. The number of carbonyl (C=O) groups is 1. The van der Waals surface area contributed by atoms with E-state index in [0.29, 0.717) is 11.8 Å². The summed E-state index contributed by atoms with van der Waals surface area (Å²) in [4.78, 5) is 25.0. The Labute approximate surface area is 140 Å². The molecular weight excluding hydrogens is 326 g/mol. The Morgan fingerprint density at radius 1 is 1.36 bits per heavy atom. The number of nitrogens with zero attached hydrogens (tertiary/aromatic N) is 2. The van der Waals surface area contributed by atoms with E-state index in [-0.39, 0.29) is 24.0 Å². The third kappa shape index (κ3) is 5.15. The minimum atomic E-state index is -0.425. The molecule has 6 nitrogen and oxygen atoms in total. The lowest BCUT2D eigenvalue weighted by Gasteiger charge is -2.31. The fourth-order valence-corrected chi connectivity index (χ4v) is 3.12. The predicted molar refractivity (Wildman–Crippen MR) is 89.7 cm³/mol. The van der Waals surface area contributed by atoms with Gasteiger partial charge in [-0.05, 0) is 32.0 Å². The van der Waals surface area contributed by atoms with Crippen molar-refractivity contribution in [3.63, 3.8) is 0 Å². The number of amides is 1. The average molecular weight is 346 g/mol. The first-order chi connectivity index (χ1) is 10.1. The monoisotopic (exact) mass is 345 g/mol. The van der Waals surface area contributed by atoms with Crippen LogP contribution in [0, 0.1) is 10.1 Å². The number of hydrogen-bond donors (Lipinski definition) is 1. The Kier molecular flexibility index (Phi) is 7.64. The van der Waals surface area contributed by atoms with Gasteiger partial charge in [0.05, 0.1) is 10.7 Å². The van der Waals surface area contributed by atoms with Gasteiger partial charge in [-0.2, -0.15) is 0 Å². The molecule has 0 saturated carbocycles. The van der Waals surface area contributed by atoms with E-state index in [0.717, 1.165) is 30.8 Å². The largest absolute Gasteiger partial charge is 0.342 e. The molecule has 1 aliphatic heterocycles. The van der Waals surface area contributed by atoms with E-state index >= 15 is 0 Å². The minimum Gasteiger partial charge on any atom is -0.342 e. The molecule has 1 fully saturated rings. The second-order valence-electron chi connectivity index (χ2n) is 4.98. The number of nitro groups is 1. The number of halogens is 1. The number of piperidine rings is 1. The minimum absolute atomic E-state index is 0. The lowest BCUT2D eigenvalue weighted by molar-refractivity contribution is -0.384. The van der Waals surface area contributed by atoms with Crippen LogP contribution in [0.4, 0.5) is 5.69 Å². The van der Waals surface area contributed by atoms with Gasteiger partial charge >= 0.3 is 0 Å². The maximum Gasteiger partial charge on any atom is 0.269 e. The highest BCUT2D eigenvalue weighted by molar-refractivity contribution is 8.00. The number of thioether (sulfide) groups is 1. The fraction of sp³-hybridized carbons (Fsp3) is 0.500. The number of nitro benzene ring substituents is 1. The number of carbonyl (C=O) groups excluding carboxylic acids is 1. The second kappa shape index (κ2) is 8.97.